The quantitative estimate of drug-likeness (QED) is 0.906. The molecule has 122 valence electrons. The lowest BCUT2D eigenvalue weighted by Gasteiger charge is -2.31. The number of aliphatic hydroxyl groups excluding tert-OH is 1. The second kappa shape index (κ2) is 8.30. The van der Waals surface area contributed by atoms with Gasteiger partial charge in [-0.15, -0.1) is 0 Å². The molecule has 0 saturated carbocycles. The fourth-order valence-electron chi connectivity index (χ4n) is 3.18. The molecule has 1 aliphatic rings. The van der Waals surface area contributed by atoms with Crippen LogP contribution < -0.4 is 0 Å². The highest BCUT2D eigenvalue weighted by Crippen LogP contribution is 2.17. The van der Waals surface area contributed by atoms with Gasteiger partial charge in [-0.1, -0.05) is 37.3 Å². The second-order valence-corrected chi connectivity index (χ2v) is 6.24. The Morgan fingerprint density at radius 3 is 2.68 bits per heavy atom. The number of rotatable bonds is 5. The van der Waals surface area contributed by atoms with Gasteiger partial charge in [0.05, 0.1) is 12.5 Å². The van der Waals surface area contributed by atoms with Crippen molar-refractivity contribution >= 4 is 5.91 Å². The van der Waals surface area contributed by atoms with E-state index in [1.54, 1.807) is 0 Å². The molecule has 1 aromatic carbocycles. The van der Waals surface area contributed by atoms with Gasteiger partial charge in [0.2, 0.25) is 5.91 Å². The highest BCUT2D eigenvalue weighted by atomic mass is 16.3. The Balaban J connectivity index is 1.98. The SMILES string of the molecule is CCC(CO)C(=O)N1CCCN(Cc2ccccc2)CC1C. The summed E-state index contributed by atoms with van der Waals surface area (Å²) in [6.07, 6.45) is 1.69. The number of carbonyl (C=O) groups is 1. The topological polar surface area (TPSA) is 43.8 Å². The second-order valence-electron chi connectivity index (χ2n) is 6.24. The molecule has 1 amide bonds. The first-order chi connectivity index (χ1) is 10.7. The van der Waals surface area contributed by atoms with Crippen LogP contribution in [0.15, 0.2) is 30.3 Å². The standard InChI is InChI=1S/C18H28N2O2/c1-3-17(14-21)18(22)20-11-7-10-19(12-15(20)2)13-16-8-5-4-6-9-16/h4-6,8-9,15,17,21H,3,7,10-14H2,1-2H3. The van der Waals surface area contributed by atoms with Crippen LogP contribution >= 0.6 is 0 Å². The van der Waals surface area contributed by atoms with E-state index in [4.69, 9.17) is 0 Å². The molecule has 1 aromatic rings. The zero-order valence-corrected chi connectivity index (χ0v) is 13.7. The fraction of sp³-hybridized carbons (Fsp3) is 0.611. The van der Waals surface area contributed by atoms with Crippen molar-refractivity contribution in [1.29, 1.82) is 0 Å². The Morgan fingerprint density at radius 2 is 2.05 bits per heavy atom. The van der Waals surface area contributed by atoms with Gasteiger partial charge in [-0.05, 0) is 25.3 Å². The largest absolute Gasteiger partial charge is 0.396 e. The summed E-state index contributed by atoms with van der Waals surface area (Å²) in [7, 11) is 0. The van der Waals surface area contributed by atoms with Crippen LogP contribution in [0.25, 0.3) is 0 Å². The molecule has 2 atom stereocenters. The Kier molecular flexibility index (Phi) is 6.40. The molecule has 0 spiro atoms. The number of benzene rings is 1. The van der Waals surface area contributed by atoms with Crippen LogP contribution in [-0.4, -0.2) is 53.1 Å². The molecule has 22 heavy (non-hydrogen) atoms. The number of hydrogen-bond donors (Lipinski definition) is 1. The normalized spacial score (nSPS) is 21.4. The minimum absolute atomic E-state index is 0.0493. The van der Waals surface area contributed by atoms with Crippen molar-refractivity contribution in [3.63, 3.8) is 0 Å². The lowest BCUT2D eigenvalue weighted by Crippen LogP contribution is -2.45. The van der Waals surface area contributed by atoms with Gasteiger partial charge in [0.1, 0.15) is 0 Å². The third-order valence-electron chi connectivity index (χ3n) is 4.52. The van der Waals surface area contributed by atoms with Crippen LogP contribution in [0, 0.1) is 5.92 Å². The highest BCUT2D eigenvalue weighted by Gasteiger charge is 2.29. The molecule has 1 aliphatic heterocycles. The number of aliphatic hydroxyl groups is 1. The van der Waals surface area contributed by atoms with Crippen molar-refractivity contribution in [3.8, 4) is 0 Å². The zero-order valence-electron chi connectivity index (χ0n) is 13.7. The van der Waals surface area contributed by atoms with E-state index in [2.05, 4.69) is 36.1 Å². The van der Waals surface area contributed by atoms with Crippen molar-refractivity contribution in [2.75, 3.05) is 26.2 Å². The third kappa shape index (κ3) is 4.31. The van der Waals surface area contributed by atoms with Gasteiger partial charge >= 0.3 is 0 Å². The van der Waals surface area contributed by atoms with Gasteiger partial charge in [-0.3, -0.25) is 9.69 Å². The summed E-state index contributed by atoms with van der Waals surface area (Å²) in [6, 6.07) is 10.7. The molecule has 4 nitrogen and oxygen atoms in total. The van der Waals surface area contributed by atoms with Gasteiger partial charge in [0.15, 0.2) is 0 Å². The molecule has 0 aromatic heterocycles. The fourth-order valence-corrected chi connectivity index (χ4v) is 3.18. The van der Waals surface area contributed by atoms with E-state index in [1.165, 1.54) is 5.56 Å². The highest BCUT2D eigenvalue weighted by molar-refractivity contribution is 5.79. The van der Waals surface area contributed by atoms with E-state index in [-0.39, 0.29) is 24.5 Å². The first-order valence-corrected chi connectivity index (χ1v) is 8.33. The molecule has 0 bridgehead atoms. The molecule has 1 N–H and O–H groups in total. The van der Waals surface area contributed by atoms with E-state index in [0.29, 0.717) is 6.42 Å². The van der Waals surface area contributed by atoms with Crippen molar-refractivity contribution in [2.45, 2.75) is 39.3 Å². The van der Waals surface area contributed by atoms with Gasteiger partial charge < -0.3 is 10.0 Å². The molecule has 2 unspecified atom stereocenters. The number of amides is 1. The Hall–Kier alpha value is -1.39. The molecular weight excluding hydrogens is 276 g/mol. The minimum Gasteiger partial charge on any atom is -0.396 e. The molecule has 0 aliphatic carbocycles. The van der Waals surface area contributed by atoms with Crippen molar-refractivity contribution < 1.29 is 9.90 Å². The summed E-state index contributed by atoms with van der Waals surface area (Å²) in [5.74, 6) is -0.137. The third-order valence-corrected chi connectivity index (χ3v) is 4.52. The van der Waals surface area contributed by atoms with Gasteiger partial charge in [0, 0.05) is 32.2 Å². The number of hydrogen-bond acceptors (Lipinski definition) is 3. The first-order valence-electron chi connectivity index (χ1n) is 8.33. The lowest BCUT2D eigenvalue weighted by molar-refractivity contribution is -0.138. The molecule has 0 radical (unpaired) electrons. The van der Waals surface area contributed by atoms with E-state index < -0.39 is 0 Å². The molecule has 1 fully saturated rings. The minimum atomic E-state index is -0.247. The maximum absolute atomic E-state index is 12.5. The van der Waals surface area contributed by atoms with E-state index in [1.807, 2.05) is 17.9 Å². The predicted octanol–water partition coefficient (Wildman–Crippen LogP) is 2.13. The summed E-state index contributed by atoms with van der Waals surface area (Å²) in [6.45, 7) is 7.66. The summed E-state index contributed by atoms with van der Waals surface area (Å²) in [5.41, 5.74) is 1.32. The molecule has 2 rings (SSSR count). The van der Waals surface area contributed by atoms with Crippen LogP contribution in [0.3, 0.4) is 0 Å². The van der Waals surface area contributed by atoms with E-state index in [9.17, 15) is 9.90 Å². The maximum Gasteiger partial charge on any atom is 0.228 e. The van der Waals surface area contributed by atoms with Crippen molar-refractivity contribution in [3.05, 3.63) is 35.9 Å². The summed E-state index contributed by atoms with van der Waals surface area (Å²) in [5, 5.41) is 9.37. The molecule has 1 saturated heterocycles. The number of carbonyl (C=O) groups excluding carboxylic acids is 1. The molecule has 1 heterocycles. The van der Waals surface area contributed by atoms with Crippen LogP contribution in [-0.2, 0) is 11.3 Å². The monoisotopic (exact) mass is 304 g/mol. The number of nitrogens with zero attached hydrogens (tertiary/aromatic N) is 2. The van der Waals surface area contributed by atoms with Crippen LogP contribution in [0.5, 0.6) is 0 Å². The zero-order chi connectivity index (χ0) is 15.9. The van der Waals surface area contributed by atoms with E-state index >= 15 is 0 Å². The Labute approximate surface area is 133 Å². The molecular formula is C18H28N2O2. The smallest absolute Gasteiger partial charge is 0.228 e. The van der Waals surface area contributed by atoms with Crippen molar-refractivity contribution in [2.24, 2.45) is 5.92 Å². The van der Waals surface area contributed by atoms with Gasteiger partial charge in [0.25, 0.3) is 0 Å². The van der Waals surface area contributed by atoms with Crippen LogP contribution in [0.4, 0.5) is 0 Å². The Bertz CT molecular complexity index is 459. The van der Waals surface area contributed by atoms with Crippen LogP contribution in [0.2, 0.25) is 0 Å². The Morgan fingerprint density at radius 1 is 1.32 bits per heavy atom. The predicted molar refractivity (Wildman–Crippen MR) is 88.4 cm³/mol. The van der Waals surface area contributed by atoms with Gasteiger partial charge in [-0.25, -0.2) is 0 Å². The average Bonchev–Trinajstić information content (AvgIpc) is 2.70. The lowest BCUT2D eigenvalue weighted by atomic mass is 10.0. The maximum atomic E-state index is 12.5. The summed E-state index contributed by atoms with van der Waals surface area (Å²) < 4.78 is 0. The molecule has 4 heteroatoms. The van der Waals surface area contributed by atoms with Crippen molar-refractivity contribution in [1.82, 2.24) is 9.80 Å². The first kappa shape index (κ1) is 17.0. The average molecular weight is 304 g/mol. The summed E-state index contributed by atoms with van der Waals surface area (Å²) >= 11 is 0. The van der Waals surface area contributed by atoms with Crippen LogP contribution in [0.1, 0.15) is 32.3 Å². The summed E-state index contributed by atoms with van der Waals surface area (Å²) in [4.78, 5) is 16.9. The van der Waals surface area contributed by atoms with Gasteiger partial charge in [-0.2, -0.15) is 0 Å². The van der Waals surface area contributed by atoms with E-state index in [0.717, 1.165) is 32.6 Å².